The number of H-pyrrole nitrogens is 1. The molecular weight excluding hydrogens is 246 g/mol. The molecule has 1 saturated carbocycles. The number of hydrogen-bond acceptors (Lipinski definition) is 1. The molecule has 0 atom stereocenters. The SMILES string of the molecule is Fc1cc2nc(CCC3CCCCC3)[nH]c2cc1F. The van der Waals surface area contributed by atoms with Crippen LogP contribution >= 0.6 is 0 Å². The van der Waals surface area contributed by atoms with E-state index in [1.54, 1.807) is 0 Å². The van der Waals surface area contributed by atoms with Crippen molar-refractivity contribution in [3.63, 3.8) is 0 Å². The summed E-state index contributed by atoms with van der Waals surface area (Å²) in [5.74, 6) is -0.0335. The Morgan fingerprint density at radius 3 is 2.63 bits per heavy atom. The highest BCUT2D eigenvalue weighted by Gasteiger charge is 2.14. The molecule has 2 aromatic rings. The van der Waals surface area contributed by atoms with Crippen molar-refractivity contribution in [3.05, 3.63) is 29.6 Å². The Morgan fingerprint density at radius 2 is 1.84 bits per heavy atom. The third kappa shape index (κ3) is 2.77. The zero-order chi connectivity index (χ0) is 13.2. The third-order valence-corrected chi connectivity index (χ3v) is 4.09. The van der Waals surface area contributed by atoms with E-state index in [0.717, 1.165) is 30.7 Å². The second-order valence-electron chi connectivity index (χ2n) is 5.51. The molecule has 0 radical (unpaired) electrons. The highest BCUT2D eigenvalue weighted by molar-refractivity contribution is 5.75. The van der Waals surface area contributed by atoms with Gasteiger partial charge in [-0.3, -0.25) is 0 Å². The van der Waals surface area contributed by atoms with Gasteiger partial charge in [0.25, 0.3) is 0 Å². The first-order valence-electron chi connectivity index (χ1n) is 7.06. The first kappa shape index (κ1) is 12.6. The van der Waals surface area contributed by atoms with Gasteiger partial charge in [0, 0.05) is 18.6 Å². The van der Waals surface area contributed by atoms with Gasteiger partial charge in [-0.1, -0.05) is 32.1 Å². The fraction of sp³-hybridized carbons (Fsp3) is 0.533. The zero-order valence-corrected chi connectivity index (χ0v) is 10.9. The van der Waals surface area contributed by atoms with Crippen molar-refractivity contribution in [3.8, 4) is 0 Å². The summed E-state index contributed by atoms with van der Waals surface area (Å²) in [6.45, 7) is 0. The van der Waals surface area contributed by atoms with Gasteiger partial charge in [-0.2, -0.15) is 0 Å². The van der Waals surface area contributed by atoms with Gasteiger partial charge in [0.05, 0.1) is 11.0 Å². The predicted octanol–water partition coefficient (Wildman–Crippen LogP) is 4.35. The van der Waals surface area contributed by atoms with E-state index in [1.165, 1.54) is 38.2 Å². The molecule has 0 spiro atoms. The molecule has 102 valence electrons. The van der Waals surface area contributed by atoms with Crippen molar-refractivity contribution in [1.82, 2.24) is 9.97 Å². The van der Waals surface area contributed by atoms with Crippen molar-refractivity contribution in [2.75, 3.05) is 0 Å². The third-order valence-electron chi connectivity index (χ3n) is 4.09. The fourth-order valence-corrected chi connectivity index (χ4v) is 2.99. The Balaban J connectivity index is 1.70. The largest absolute Gasteiger partial charge is 0.342 e. The van der Waals surface area contributed by atoms with E-state index in [-0.39, 0.29) is 0 Å². The minimum Gasteiger partial charge on any atom is -0.342 e. The maximum Gasteiger partial charge on any atom is 0.161 e. The van der Waals surface area contributed by atoms with Crippen LogP contribution in [0.25, 0.3) is 11.0 Å². The van der Waals surface area contributed by atoms with E-state index in [9.17, 15) is 8.78 Å². The summed E-state index contributed by atoms with van der Waals surface area (Å²) in [6.07, 6.45) is 8.63. The normalized spacial score (nSPS) is 17.2. The van der Waals surface area contributed by atoms with E-state index in [2.05, 4.69) is 9.97 Å². The molecule has 3 rings (SSSR count). The van der Waals surface area contributed by atoms with Crippen molar-refractivity contribution < 1.29 is 8.78 Å². The van der Waals surface area contributed by atoms with Crippen LogP contribution in [0.3, 0.4) is 0 Å². The van der Waals surface area contributed by atoms with Crippen molar-refractivity contribution >= 4 is 11.0 Å². The first-order chi connectivity index (χ1) is 9.22. The van der Waals surface area contributed by atoms with Crippen LogP contribution < -0.4 is 0 Å². The number of rotatable bonds is 3. The van der Waals surface area contributed by atoms with Crippen LogP contribution in [0.4, 0.5) is 8.78 Å². The van der Waals surface area contributed by atoms with E-state index >= 15 is 0 Å². The number of aromatic nitrogens is 2. The van der Waals surface area contributed by atoms with Crippen LogP contribution in [0.15, 0.2) is 12.1 Å². The molecule has 0 saturated heterocycles. The summed E-state index contributed by atoms with van der Waals surface area (Å²) in [7, 11) is 0. The van der Waals surface area contributed by atoms with E-state index in [0.29, 0.717) is 11.0 Å². The van der Waals surface area contributed by atoms with E-state index in [4.69, 9.17) is 0 Å². The standard InChI is InChI=1S/C15H18F2N2/c16-11-8-13-14(9-12(11)17)19-15(18-13)7-6-10-4-2-1-3-5-10/h8-10H,1-7H2,(H,18,19). The predicted molar refractivity (Wildman–Crippen MR) is 70.9 cm³/mol. The molecule has 1 N–H and O–H groups in total. The fourth-order valence-electron chi connectivity index (χ4n) is 2.99. The van der Waals surface area contributed by atoms with Crippen LogP contribution in [0, 0.1) is 17.6 Å². The van der Waals surface area contributed by atoms with Gasteiger partial charge in [-0.05, 0) is 12.3 Å². The molecule has 4 heteroatoms. The average Bonchev–Trinajstić information content (AvgIpc) is 2.80. The van der Waals surface area contributed by atoms with E-state index in [1.807, 2.05) is 0 Å². The second kappa shape index (κ2) is 5.27. The summed E-state index contributed by atoms with van der Waals surface area (Å²) in [5, 5.41) is 0. The molecule has 1 heterocycles. The number of hydrogen-bond donors (Lipinski definition) is 1. The molecule has 19 heavy (non-hydrogen) atoms. The summed E-state index contributed by atoms with van der Waals surface area (Å²) in [6, 6.07) is 2.34. The Labute approximate surface area is 111 Å². The zero-order valence-electron chi connectivity index (χ0n) is 10.9. The molecule has 0 bridgehead atoms. The van der Waals surface area contributed by atoms with Crippen LogP contribution in [-0.4, -0.2) is 9.97 Å². The molecule has 0 amide bonds. The molecule has 1 aliphatic carbocycles. The van der Waals surface area contributed by atoms with E-state index < -0.39 is 11.6 Å². The number of aromatic amines is 1. The van der Waals surface area contributed by atoms with Crippen molar-refractivity contribution in [2.24, 2.45) is 5.92 Å². The highest BCUT2D eigenvalue weighted by atomic mass is 19.2. The lowest BCUT2D eigenvalue weighted by Crippen LogP contribution is -2.07. The lowest BCUT2D eigenvalue weighted by atomic mass is 9.86. The molecule has 1 aromatic carbocycles. The number of nitrogens with one attached hydrogen (secondary N) is 1. The topological polar surface area (TPSA) is 28.7 Å². The van der Waals surface area contributed by atoms with Gasteiger partial charge < -0.3 is 4.98 Å². The summed E-state index contributed by atoms with van der Waals surface area (Å²) in [5.41, 5.74) is 1.09. The number of halogens is 2. The maximum absolute atomic E-state index is 13.1. The van der Waals surface area contributed by atoms with Gasteiger partial charge in [0.1, 0.15) is 5.82 Å². The van der Waals surface area contributed by atoms with Crippen LogP contribution in [0.1, 0.15) is 44.3 Å². The van der Waals surface area contributed by atoms with Crippen LogP contribution in [-0.2, 0) is 6.42 Å². The molecule has 1 aliphatic rings. The Bertz CT molecular complexity index is 532. The Hall–Kier alpha value is -1.45. The first-order valence-corrected chi connectivity index (χ1v) is 7.06. The van der Waals surface area contributed by atoms with Crippen LogP contribution in [0.2, 0.25) is 0 Å². The number of aryl methyl sites for hydroxylation is 1. The summed E-state index contributed by atoms with van der Waals surface area (Å²) >= 11 is 0. The Kier molecular flexibility index (Phi) is 3.49. The van der Waals surface area contributed by atoms with Gasteiger partial charge in [-0.25, -0.2) is 13.8 Å². The molecule has 1 aromatic heterocycles. The monoisotopic (exact) mass is 264 g/mol. The average molecular weight is 264 g/mol. The van der Waals surface area contributed by atoms with Gasteiger partial charge in [0.15, 0.2) is 11.6 Å². The Morgan fingerprint density at radius 1 is 1.11 bits per heavy atom. The quantitative estimate of drug-likeness (QED) is 0.877. The van der Waals surface area contributed by atoms with Crippen molar-refractivity contribution in [2.45, 2.75) is 44.9 Å². The van der Waals surface area contributed by atoms with Gasteiger partial charge in [-0.15, -0.1) is 0 Å². The number of nitrogens with zero attached hydrogens (tertiary/aromatic N) is 1. The number of benzene rings is 1. The molecule has 2 nitrogen and oxygen atoms in total. The number of fused-ring (bicyclic) bond motifs is 1. The smallest absolute Gasteiger partial charge is 0.161 e. The summed E-state index contributed by atoms with van der Waals surface area (Å²) < 4.78 is 26.2. The van der Waals surface area contributed by atoms with Crippen molar-refractivity contribution in [1.29, 1.82) is 0 Å². The molecular formula is C15H18F2N2. The van der Waals surface area contributed by atoms with Crippen LogP contribution in [0.5, 0.6) is 0 Å². The maximum atomic E-state index is 13.1. The van der Waals surface area contributed by atoms with Gasteiger partial charge in [0.2, 0.25) is 0 Å². The minimum absolute atomic E-state index is 0.512. The number of imidazole rings is 1. The molecule has 0 aliphatic heterocycles. The highest BCUT2D eigenvalue weighted by Crippen LogP contribution is 2.27. The van der Waals surface area contributed by atoms with Gasteiger partial charge >= 0.3 is 0 Å². The molecule has 0 unspecified atom stereocenters. The minimum atomic E-state index is -0.835. The molecule has 1 fully saturated rings. The second-order valence-corrected chi connectivity index (χ2v) is 5.51. The lowest BCUT2D eigenvalue weighted by Gasteiger charge is -2.20. The summed E-state index contributed by atoms with van der Waals surface area (Å²) in [4.78, 5) is 7.42. The lowest BCUT2D eigenvalue weighted by molar-refractivity contribution is 0.337.